The molecule has 0 heterocycles. The number of hydrogen-bond donors (Lipinski definition) is 1. The molecule has 0 unspecified atom stereocenters. The molecule has 0 saturated heterocycles. The Hall–Kier alpha value is -1.31. The van der Waals surface area contributed by atoms with Crippen LogP contribution in [0.15, 0.2) is 12.1 Å². The van der Waals surface area contributed by atoms with E-state index < -0.39 is 11.4 Å². The van der Waals surface area contributed by atoms with Crippen molar-refractivity contribution in [3.05, 3.63) is 34.4 Å². The SMILES string of the molecule is CCc1c(C)ccc2c1CC[C@@H]1[C@](C)(C(=O)O)CCC[C@]21C. The van der Waals surface area contributed by atoms with E-state index in [2.05, 4.69) is 32.9 Å². The Morgan fingerprint density at radius 3 is 2.68 bits per heavy atom. The van der Waals surface area contributed by atoms with Crippen molar-refractivity contribution in [1.29, 1.82) is 0 Å². The molecule has 1 aromatic rings. The van der Waals surface area contributed by atoms with Crippen LogP contribution in [0.5, 0.6) is 0 Å². The van der Waals surface area contributed by atoms with E-state index in [4.69, 9.17) is 0 Å². The molecule has 3 atom stereocenters. The summed E-state index contributed by atoms with van der Waals surface area (Å²) in [6.45, 7) is 8.75. The summed E-state index contributed by atoms with van der Waals surface area (Å²) in [7, 11) is 0. The Morgan fingerprint density at radius 1 is 1.32 bits per heavy atom. The van der Waals surface area contributed by atoms with Crippen molar-refractivity contribution in [3.63, 3.8) is 0 Å². The van der Waals surface area contributed by atoms with Gasteiger partial charge in [-0.3, -0.25) is 4.79 Å². The quantitative estimate of drug-likeness (QED) is 0.863. The highest BCUT2D eigenvalue weighted by molar-refractivity contribution is 5.75. The molecule has 3 rings (SSSR count). The minimum Gasteiger partial charge on any atom is -0.481 e. The van der Waals surface area contributed by atoms with Crippen molar-refractivity contribution >= 4 is 5.97 Å². The number of carboxylic acids is 1. The van der Waals surface area contributed by atoms with E-state index in [0.29, 0.717) is 0 Å². The van der Waals surface area contributed by atoms with Gasteiger partial charge in [-0.15, -0.1) is 0 Å². The summed E-state index contributed by atoms with van der Waals surface area (Å²) >= 11 is 0. The minimum absolute atomic E-state index is 0.0244. The first-order valence-electron chi connectivity index (χ1n) is 8.70. The van der Waals surface area contributed by atoms with E-state index in [-0.39, 0.29) is 11.3 Å². The Kier molecular flexibility index (Phi) is 3.62. The third kappa shape index (κ3) is 1.96. The maximum absolute atomic E-state index is 12.0. The van der Waals surface area contributed by atoms with Gasteiger partial charge in [0.15, 0.2) is 0 Å². The van der Waals surface area contributed by atoms with Gasteiger partial charge >= 0.3 is 5.97 Å². The van der Waals surface area contributed by atoms with Crippen LogP contribution in [0.2, 0.25) is 0 Å². The number of benzene rings is 1. The molecule has 1 fully saturated rings. The molecule has 0 aromatic heterocycles. The van der Waals surface area contributed by atoms with Gasteiger partial charge in [-0.1, -0.05) is 32.4 Å². The zero-order chi connectivity index (χ0) is 16.1. The van der Waals surface area contributed by atoms with Crippen molar-refractivity contribution in [2.24, 2.45) is 11.3 Å². The second-order valence-corrected chi connectivity index (χ2v) is 7.83. The van der Waals surface area contributed by atoms with Gasteiger partial charge in [-0.25, -0.2) is 0 Å². The molecule has 2 nitrogen and oxygen atoms in total. The van der Waals surface area contributed by atoms with Gasteiger partial charge in [-0.2, -0.15) is 0 Å². The standard InChI is InChI=1S/C20H28O2/c1-5-14-13(2)7-9-16-15(14)8-10-17-19(16,3)11-6-12-20(17,4)18(21)22/h7,9,17H,5-6,8,10-12H2,1-4H3,(H,21,22)/t17-,19+,20+/m0/s1. The molecule has 0 radical (unpaired) electrons. The van der Waals surface area contributed by atoms with Crippen LogP contribution < -0.4 is 0 Å². The molecule has 2 aliphatic rings. The van der Waals surface area contributed by atoms with E-state index in [1.165, 1.54) is 22.3 Å². The van der Waals surface area contributed by atoms with Gasteiger partial charge in [0, 0.05) is 0 Å². The highest BCUT2D eigenvalue weighted by Gasteiger charge is 2.55. The first-order valence-corrected chi connectivity index (χ1v) is 8.70. The van der Waals surface area contributed by atoms with Crippen LogP contribution in [0.25, 0.3) is 0 Å². The lowest BCUT2D eigenvalue weighted by molar-refractivity contribution is -0.157. The van der Waals surface area contributed by atoms with Crippen molar-refractivity contribution in [3.8, 4) is 0 Å². The molecule has 1 aromatic carbocycles. The molecule has 2 heteroatoms. The van der Waals surface area contributed by atoms with Gasteiger partial charge in [-0.05, 0) is 79.5 Å². The van der Waals surface area contributed by atoms with Crippen molar-refractivity contribution in [2.45, 2.75) is 71.6 Å². The maximum Gasteiger partial charge on any atom is 0.309 e. The normalized spacial score (nSPS) is 33.9. The third-order valence-electron chi connectivity index (χ3n) is 6.74. The number of aliphatic carboxylic acids is 1. The zero-order valence-corrected chi connectivity index (χ0v) is 14.3. The molecular formula is C20H28O2. The molecule has 1 saturated carbocycles. The lowest BCUT2D eigenvalue weighted by Crippen LogP contribution is -2.52. The molecule has 2 aliphatic carbocycles. The van der Waals surface area contributed by atoms with Gasteiger partial charge in [0.25, 0.3) is 0 Å². The summed E-state index contributed by atoms with van der Waals surface area (Å²) in [6, 6.07) is 4.54. The molecule has 0 spiro atoms. The highest BCUT2D eigenvalue weighted by Crippen LogP contribution is 2.57. The first-order chi connectivity index (χ1) is 10.3. The van der Waals surface area contributed by atoms with Crippen LogP contribution in [0.3, 0.4) is 0 Å². The van der Waals surface area contributed by atoms with Gasteiger partial charge < -0.3 is 5.11 Å². The number of hydrogen-bond acceptors (Lipinski definition) is 1. The Bertz CT molecular complexity index is 618. The summed E-state index contributed by atoms with van der Waals surface area (Å²) in [5.74, 6) is -0.346. The maximum atomic E-state index is 12.0. The van der Waals surface area contributed by atoms with Crippen LogP contribution >= 0.6 is 0 Å². The second kappa shape index (κ2) is 5.11. The third-order valence-corrected chi connectivity index (χ3v) is 6.74. The largest absolute Gasteiger partial charge is 0.481 e. The minimum atomic E-state index is -0.602. The Labute approximate surface area is 133 Å². The molecule has 22 heavy (non-hydrogen) atoms. The van der Waals surface area contributed by atoms with Crippen LogP contribution in [-0.4, -0.2) is 11.1 Å². The van der Waals surface area contributed by atoms with Crippen molar-refractivity contribution < 1.29 is 9.90 Å². The van der Waals surface area contributed by atoms with Gasteiger partial charge in [0.1, 0.15) is 0 Å². The average molecular weight is 300 g/mol. The number of carbonyl (C=O) groups is 1. The van der Waals surface area contributed by atoms with Crippen LogP contribution in [0, 0.1) is 18.3 Å². The number of fused-ring (bicyclic) bond motifs is 3. The van der Waals surface area contributed by atoms with Crippen LogP contribution in [0.1, 0.15) is 68.7 Å². The fourth-order valence-electron chi connectivity index (χ4n) is 5.50. The van der Waals surface area contributed by atoms with E-state index in [1.807, 2.05) is 6.92 Å². The van der Waals surface area contributed by atoms with E-state index in [0.717, 1.165) is 38.5 Å². The smallest absolute Gasteiger partial charge is 0.309 e. The number of rotatable bonds is 2. The Morgan fingerprint density at radius 2 is 2.05 bits per heavy atom. The van der Waals surface area contributed by atoms with Crippen molar-refractivity contribution in [2.75, 3.05) is 0 Å². The molecule has 0 bridgehead atoms. The predicted molar refractivity (Wildman–Crippen MR) is 89.3 cm³/mol. The molecule has 120 valence electrons. The topological polar surface area (TPSA) is 37.3 Å². The zero-order valence-electron chi connectivity index (χ0n) is 14.3. The Balaban J connectivity index is 2.16. The summed E-state index contributed by atoms with van der Waals surface area (Å²) in [5.41, 5.74) is 5.31. The fourth-order valence-corrected chi connectivity index (χ4v) is 5.50. The first kappa shape index (κ1) is 15.6. The summed E-state index contributed by atoms with van der Waals surface area (Å²) in [6.07, 6.45) is 6.10. The fraction of sp³-hybridized carbons (Fsp3) is 0.650. The number of aryl methyl sites for hydroxylation is 1. The van der Waals surface area contributed by atoms with Gasteiger partial charge in [0.2, 0.25) is 0 Å². The summed E-state index contributed by atoms with van der Waals surface area (Å²) < 4.78 is 0. The van der Waals surface area contributed by atoms with E-state index in [1.54, 1.807) is 0 Å². The average Bonchev–Trinajstić information content (AvgIpc) is 2.46. The summed E-state index contributed by atoms with van der Waals surface area (Å²) in [4.78, 5) is 12.0. The highest BCUT2D eigenvalue weighted by atomic mass is 16.4. The number of carboxylic acid groups (broad SMARTS) is 1. The van der Waals surface area contributed by atoms with Crippen LogP contribution in [0.4, 0.5) is 0 Å². The monoisotopic (exact) mass is 300 g/mol. The van der Waals surface area contributed by atoms with E-state index >= 15 is 0 Å². The van der Waals surface area contributed by atoms with E-state index in [9.17, 15) is 9.90 Å². The lowest BCUT2D eigenvalue weighted by atomic mass is 9.49. The second-order valence-electron chi connectivity index (χ2n) is 7.83. The molecule has 0 aliphatic heterocycles. The molecule has 1 N–H and O–H groups in total. The lowest BCUT2D eigenvalue weighted by Gasteiger charge is -2.54. The van der Waals surface area contributed by atoms with Crippen molar-refractivity contribution in [1.82, 2.24) is 0 Å². The van der Waals surface area contributed by atoms with Crippen LogP contribution in [-0.2, 0) is 23.1 Å². The molecule has 0 amide bonds. The summed E-state index contributed by atoms with van der Waals surface area (Å²) in [5, 5.41) is 9.84. The molecular weight excluding hydrogens is 272 g/mol. The predicted octanol–water partition coefficient (Wildman–Crippen LogP) is 4.65. The van der Waals surface area contributed by atoms with Gasteiger partial charge in [0.05, 0.1) is 5.41 Å².